The van der Waals surface area contributed by atoms with Crippen LogP contribution in [-0.2, 0) is 4.79 Å². The first-order chi connectivity index (χ1) is 9.04. The van der Waals surface area contributed by atoms with E-state index in [4.69, 9.17) is 15.6 Å². The quantitative estimate of drug-likeness (QED) is 0.509. The van der Waals surface area contributed by atoms with Crippen LogP contribution in [0.1, 0.15) is 29.6 Å². The van der Waals surface area contributed by atoms with E-state index in [0.29, 0.717) is 36.4 Å². The number of benzene rings is 1. The van der Waals surface area contributed by atoms with Crippen LogP contribution in [0, 0.1) is 0 Å². The molecular formula is C13H18N2O4. The fourth-order valence-corrected chi connectivity index (χ4v) is 1.59. The Bertz CT molecular complexity index is 460. The summed E-state index contributed by atoms with van der Waals surface area (Å²) in [6.45, 7) is 0.430. The lowest BCUT2D eigenvalue weighted by Gasteiger charge is -2.09. The molecule has 0 saturated heterocycles. The van der Waals surface area contributed by atoms with E-state index in [9.17, 15) is 9.59 Å². The molecule has 0 aliphatic carbocycles. The van der Waals surface area contributed by atoms with Gasteiger partial charge in [-0.1, -0.05) is 0 Å². The van der Waals surface area contributed by atoms with Gasteiger partial charge < -0.3 is 20.9 Å². The van der Waals surface area contributed by atoms with Crippen molar-refractivity contribution in [3.8, 4) is 5.75 Å². The summed E-state index contributed by atoms with van der Waals surface area (Å²) >= 11 is 0. The third kappa shape index (κ3) is 4.87. The third-order valence-corrected chi connectivity index (χ3v) is 2.57. The van der Waals surface area contributed by atoms with Crippen LogP contribution in [-0.4, -0.2) is 30.6 Å². The number of carboxylic acids is 1. The predicted molar refractivity (Wildman–Crippen MR) is 71.2 cm³/mol. The molecule has 4 N–H and O–H groups in total. The topological polar surface area (TPSA) is 102 Å². The first kappa shape index (κ1) is 14.8. The van der Waals surface area contributed by atoms with E-state index in [2.05, 4.69) is 5.32 Å². The van der Waals surface area contributed by atoms with E-state index in [1.165, 1.54) is 7.11 Å². The van der Waals surface area contributed by atoms with Gasteiger partial charge in [0.25, 0.3) is 5.91 Å². The molecule has 1 amide bonds. The molecule has 1 aromatic rings. The molecule has 0 aliphatic rings. The van der Waals surface area contributed by atoms with E-state index in [0.717, 1.165) is 0 Å². The van der Waals surface area contributed by atoms with Crippen LogP contribution in [0.5, 0.6) is 5.75 Å². The Kier molecular flexibility index (Phi) is 5.66. The minimum Gasteiger partial charge on any atom is -0.496 e. The minimum absolute atomic E-state index is 0.112. The van der Waals surface area contributed by atoms with Gasteiger partial charge in [-0.05, 0) is 25.0 Å². The molecular weight excluding hydrogens is 248 g/mol. The monoisotopic (exact) mass is 266 g/mol. The Morgan fingerprint density at radius 2 is 2.11 bits per heavy atom. The summed E-state index contributed by atoms with van der Waals surface area (Å²) < 4.78 is 5.09. The highest BCUT2D eigenvalue weighted by atomic mass is 16.5. The minimum atomic E-state index is -0.827. The van der Waals surface area contributed by atoms with Gasteiger partial charge in [0.1, 0.15) is 5.75 Å². The van der Waals surface area contributed by atoms with Crippen molar-refractivity contribution >= 4 is 17.6 Å². The molecule has 0 atom stereocenters. The number of carboxylic acid groups (broad SMARTS) is 1. The average Bonchev–Trinajstić information content (AvgIpc) is 2.37. The summed E-state index contributed by atoms with van der Waals surface area (Å²) in [5.74, 6) is -0.665. The number of nitrogens with two attached hydrogens (primary N) is 1. The van der Waals surface area contributed by atoms with Gasteiger partial charge in [0.15, 0.2) is 0 Å². The number of unbranched alkanes of at least 4 members (excludes halogenated alkanes) is 1. The number of ether oxygens (including phenoxy) is 1. The Morgan fingerprint density at radius 3 is 2.74 bits per heavy atom. The lowest BCUT2D eigenvalue weighted by Crippen LogP contribution is -2.25. The Morgan fingerprint density at radius 1 is 1.37 bits per heavy atom. The molecule has 0 saturated carbocycles. The largest absolute Gasteiger partial charge is 0.496 e. The summed E-state index contributed by atoms with van der Waals surface area (Å²) in [6.07, 6.45) is 1.27. The molecule has 0 spiro atoms. The van der Waals surface area contributed by atoms with Crippen molar-refractivity contribution in [2.24, 2.45) is 0 Å². The lowest BCUT2D eigenvalue weighted by atomic mass is 10.1. The molecule has 0 bridgehead atoms. The molecule has 19 heavy (non-hydrogen) atoms. The lowest BCUT2D eigenvalue weighted by molar-refractivity contribution is -0.137. The number of hydrogen-bond donors (Lipinski definition) is 3. The SMILES string of the molecule is COc1cc(N)ccc1C(=O)NCCCCC(=O)O. The first-order valence-corrected chi connectivity index (χ1v) is 5.98. The van der Waals surface area contributed by atoms with Gasteiger partial charge in [0.2, 0.25) is 0 Å². The second-order valence-corrected chi connectivity index (χ2v) is 4.07. The number of rotatable bonds is 7. The van der Waals surface area contributed by atoms with Gasteiger partial charge in [0, 0.05) is 24.7 Å². The number of anilines is 1. The van der Waals surface area contributed by atoms with Crippen LogP contribution >= 0.6 is 0 Å². The molecule has 1 aromatic carbocycles. The second kappa shape index (κ2) is 7.25. The summed E-state index contributed by atoms with van der Waals surface area (Å²) in [6, 6.07) is 4.81. The molecule has 0 radical (unpaired) electrons. The zero-order valence-corrected chi connectivity index (χ0v) is 10.8. The average molecular weight is 266 g/mol. The maximum absolute atomic E-state index is 11.9. The third-order valence-electron chi connectivity index (χ3n) is 2.57. The van der Waals surface area contributed by atoms with E-state index < -0.39 is 5.97 Å². The number of methoxy groups -OCH3 is 1. The number of carbonyl (C=O) groups excluding carboxylic acids is 1. The van der Waals surface area contributed by atoms with E-state index >= 15 is 0 Å². The van der Waals surface area contributed by atoms with Gasteiger partial charge in [-0.3, -0.25) is 9.59 Å². The van der Waals surface area contributed by atoms with Crippen molar-refractivity contribution in [2.45, 2.75) is 19.3 Å². The normalized spacial score (nSPS) is 9.95. The second-order valence-electron chi connectivity index (χ2n) is 4.07. The van der Waals surface area contributed by atoms with Gasteiger partial charge >= 0.3 is 5.97 Å². The number of aliphatic carboxylic acids is 1. The highest BCUT2D eigenvalue weighted by Gasteiger charge is 2.11. The molecule has 104 valence electrons. The molecule has 0 heterocycles. The molecule has 0 fully saturated rings. The number of amides is 1. The van der Waals surface area contributed by atoms with E-state index in [1.807, 2.05) is 0 Å². The highest BCUT2D eigenvalue weighted by molar-refractivity contribution is 5.97. The van der Waals surface area contributed by atoms with E-state index in [-0.39, 0.29) is 12.3 Å². The smallest absolute Gasteiger partial charge is 0.303 e. The number of nitrogen functional groups attached to an aromatic ring is 1. The van der Waals surface area contributed by atoms with Gasteiger partial charge in [-0.25, -0.2) is 0 Å². The fourth-order valence-electron chi connectivity index (χ4n) is 1.59. The Hall–Kier alpha value is -2.24. The summed E-state index contributed by atoms with van der Waals surface area (Å²) in [4.78, 5) is 22.2. The summed E-state index contributed by atoms with van der Waals surface area (Å²) in [5.41, 5.74) is 6.54. The zero-order chi connectivity index (χ0) is 14.3. The molecule has 0 unspecified atom stereocenters. The number of hydrogen-bond acceptors (Lipinski definition) is 4. The van der Waals surface area contributed by atoms with Crippen molar-refractivity contribution in [3.63, 3.8) is 0 Å². The maximum Gasteiger partial charge on any atom is 0.303 e. The van der Waals surface area contributed by atoms with Crippen LogP contribution in [0.2, 0.25) is 0 Å². The van der Waals surface area contributed by atoms with Gasteiger partial charge in [-0.15, -0.1) is 0 Å². The zero-order valence-electron chi connectivity index (χ0n) is 10.8. The van der Waals surface area contributed by atoms with Crippen molar-refractivity contribution in [1.29, 1.82) is 0 Å². The van der Waals surface area contributed by atoms with Crippen LogP contribution in [0.4, 0.5) is 5.69 Å². The standard InChI is InChI=1S/C13H18N2O4/c1-19-11-8-9(14)5-6-10(11)13(18)15-7-3-2-4-12(16)17/h5-6,8H,2-4,7,14H2,1H3,(H,15,18)(H,16,17). The van der Waals surface area contributed by atoms with Crippen LogP contribution in [0.3, 0.4) is 0 Å². The number of nitrogens with one attached hydrogen (secondary N) is 1. The van der Waals surface area contributed by atoms with Gasteiger partial charge in [0.05, 0.1) is 12.7 Å². The molecule has 0 aliphatic heterocycles. The van der Waals surface area contributed by atoms with Gasteiger partial charge in [-0.2, -0.15) is 0 Å². The Labute approximate surface area is 111 Å². The summed E-state index contributed by atoms with van der Waals surface area (Å²) in [5, 5.41) is 11.2. The van der Waals surface area contributed by atoms with Crippen LogP contribution in [0.15, 0.2) is 18.2 Å². The molecule has 0 aromatic heterocycles. The van der Waals surface area contributed by atoms with Crippen LogP contribution in [0.25, 0.3) is 0 Å². The maximum atomic E-state index is 11.9. The molecule has 6 nitrogen and oxygen atoms in total. The number of carbonyl (C=O) groups is 2. The predicted octanol–water partition coefficient (Wildman–Crippen LogP) is 1.26. The van der Waals surface area contributed by atoms with E-state index in [1.54, 1.807) is 18.2 Å². The van der Waals surface area contributed by atoms with Crippen LogP contribution < -0.4 is 15.8 Å². The van der Waals surface area contributed by atoms with Crippen molar-refractivity contribution in [3.05, 3.63) is 23.8 Å². The van der Waals surface area contributed by atoms with Crippen molar-refractivity contribution in [1.82, 2.24) is 5.32 Å². The molecule has 1 rings (SSSR count). The Balaban J connectivity index is 2.47. The molecule has 6 heteroatoms. The first-order valence-electron chi connectivity index (χ1n) is 5.98. The summed E-state index contributed by atoms with van der Waals surface area (Å²) in [7, 11) is 1.47. The van der Waals surface area contributed by atoms with Crippen molar-refractivity contribution < 1.29 is 19.4 Å². The highest BCUT2D eigenvalue weighted by Crippen LogP contribution is 2.21. The van der Waals surface area contributed by atoms with Crippen molar-refractivity contribution in [2.75, 3.05) is 19.4 Å². The fraction of sp³-hybridized carbons (Fsp3) is 0.385.